The Morgan fingerprint density at radius 2 is 2.12 bits per heavy atom. The van der Waals surface area contributed by atoms with Crippen molar-refractivity contribution in [1.29, 1.82) is 0 Å². The minimum Gasteiger partial charge on any atom is -0.493 e. The molecule has 1 aromatic carbocycles. The second-order valence-electron chi connectivity index (χ2n) is 3.59. The Hall–Kier alpha value is -0.870. The molecule has 16 heavy (non-hydrogen) atoms. The van der Waals surface area contributed by atoms with Crippen molar-refractivity contribution >= 4 is 11.1 Å². The van der Waals surface area contributed by atoms with Gasteiger partial charge in [-0.1, -0.05) is 31.5 Å². The molecule has 0 radical (unpaired) electrons. The summed E-state index contributed by atoms with van der Waals surface area (Å²) in [5.74, 6) is 1.09. The molecule has 0 aromatic heterocycles. The largest absolute Gasteiger partial charge is 0.493 e. The molecule has 1 aromatic rings. The number of aryl methyl sites for hydroxylation is 1. The number of para-hydroxylation sites is 1. The maximum atomic E-state index is 10.6. The molecule has 1 atom stereocenters. The van der Waals surface area contributed by atoms with Gasteiger partial charge in [0.25, 0.3) is 0 Å². The molecule has 1 unspecified atom stereocenters. The smallest absolute Gasteiger partial charge is 0.153 e. The maximum absolute atomic E-state index is 10.6. The average Bonchev–Trinajstić information content (AvgIpc) is 2.28. The monoisotopic (exact) mass is 242 g/mol. The van der Waals surface area contributed by atoms with Gasteiger partial charge in [0, 0.05) is 0 Å². The van der Waals surface area contributed by atoms with Crippen molar-refractivity contribution in [2.24, 2.45) is 0 Å². The third-order valence-electron chi connectivity index (χ3n) is 2.27. The van der Waals surface area contributed by atoms with Gasteiger partial charge < -0.3 is 9.29 Å². The predicted octanol–water partition coefficient (Wildman–Crippen LogP) is 2.63. The first-order valence-corrected chi connectivity index (χ1v) is 6.79. The van der Waals surface area contributed by atoms with Crippen LogP contribution in [0.4, 0.5) is 0 Å². The van der Waals surface area contributed by atoms with Crippen LogP contribution < -0.4 is 4.74 Å². The first-order valence-electron chi connectivity index (χ1n) is 5.52. The molecule has 3 nitrogen and oxygen atoms in total. The molecule has 0 saturated heterocycles. The second-order valence-corrected chi connectivity index (χ2v) is 4.64. The van der Waals surface area contributed by atoms with E-state index in [-0.39, 0.29) is 5.75 Å². The lowest BCUT2D eigenvalue weighted by Gasteiger charge is -2.10. The van der Waals surface area contributed by atoms with Crippen molar-refractivity contribution in [1.82, 2.24) is 0 Å². The average molecular weight is 242 g/mol. The van der Waals surface area contributed by atoms with E-state index in [0.717, 1.165) is 24.2 Å². The Labute approximate surface area is 99.1 Å². The van der Waals surface area contributed by atoms with Crippen molar-refractivity contribution in [2.45, 2.75) is 26.2 Å². The number of unbranched alkanes of at least 4 members (excludes halogenated alkanes) is 1. The fourth-order valence-electron chi connectivity index (χ4n) is 1.37. The quantitative estimate of drug-likeness (QED) is 0.590. The Bertz CT molecular complexity index is 339. The van der Waals surface area contributed by atoms with Gasteiger partial charge in [0.2, 0.25) is 0 Å². The number of hydrogen-bond acceptors (Lipinski definition) is 2. The van der Waals surface area contributed by atoms with Gasteiger partial charge in [0.15, 0.2) is 11.1 Å². The molecule has 1 rings (SSSR count). The standard InChI is InChI=1S/C12H18O3S/c1-2-3-9-15-12-7-5-4-6-11(12)8-10-16(13)14/h4-7H,2-3,8-10H2,1H3,(H,13,14). The first-order chi connectivity index (χ1) is 7.74. The molecule has 90 valence electrons. The minimum atomic E-state index is -1.74. The van der Waals surface area contributed by atoms with Gasteiger partial charge in [-0.15, -0.1) is 0 Å². The van der Waals surface area contributed by atoms with Gasteiger partial charge in [0.1, 0.15) is 5.75 Å². The SMILES string of the molecule is CCCCOc1ccccc1CCS(=O)O. The number of benzene rings is 1. The molecule has 0 fully saturated rings. The van der Waals surface area contributed by atoms with Crippen LogP contribution in [0.2, 0.25) is 0 Å². The van der Waals surface area contributed by atoms with Crippen LogP contribution in [-0.2, 0) is 17.5 Å². The summed E-state index contributed by atoms with van der Waals surface area (Å²) >= 11 is -1.74. The molecule has 1 N–H and O–H groups in total. The second kappa shape index (κ2) is 7.41. The zero-order valence-corrected chi connectivity index (χ0v) is 10.3. The summed E-state index contributed by atoms with van der Waals surface area (Å²) in [6, 6.07) is 7.68. The van der Waals surface area contributed by atoms with Crippen LogP contribution in [-0.4, -0.2) is 21.1 Å². The summed E-state index contributed by atoms with van der Waals surface area (Å²) in [7, 11) is 0. The van der Waals surface area contributed by atoms with Gasteiger partial charge >= 0.3 is 0 Å². The fourth-order valence-corrected chi connectivity index (χ4v) is 1.77. The summed E-state index contributed by atoms with van der Waals surface area (Å²) in [5, 5.41) is 0. The van der Waals surface area contributed by atoms with E-state index >= 15 is 0 Å². The van der Waals surface area contributed by atoms with Crippen LogP contribution in [0.1, 0.15) is 25.3 Å². The highest BCUT2D eigenvalue weighted by atomic mass is 32.2. The van der Waals surface area contributed by atoms with E-state index in [1.807, 2.05) is 24.3 Å². The summed E-state index contributed by atoms with van der Waals surface area (Å²) in [6.07, 6.45) is 2.70. The zero-order valence-electron chi connectivity index (χ0n) is 9.52. The topological polar surface area (TPSA) is 46.5 Å². The highest BCUT2D eigenvalue weighted by Crippen LogP contribution is 2.18. The van der Waals surface area contributed by atoms with Crippen molar-refractivity contribution in [3.05, 3.63) is 29.8 Å². The summed E-state index contributed by atoms with van der Waals surface area (Å²) in [4.78, 5) is 0. The third-order valence-corrected chi connectivity index (χ3v) is 2.83. The van der Waals surface area contributed by atoms with Crippen LogP contribution in [0.5, 0.6) is 5.75 Å². The van der Waals surface area contributed by atoms with E-state index in [9.17, 15) is 4.21 Å². The van der Waals surface area contributed by atoms with Crippen LogP contribution in [0.15, 0.2) is 24.3 Å². The molecule has 4 heteroatoms. The van der Waals surface area contributed by atoms with Gasteiger partial charge in [0.05, 0.1) is 12.4 Å². The molecule has 0 heterocycles. The fraction of sp³-hybridized carbons (Fsp3) is 0.500. The normalized spacial score (nSPS) is 12.4. The lowest BCUT2D eigenvalue weighted by molar-refractivity contribution is 0.306. The Kier molecular flexibility index (Phi) is 6.11. The van der Waals surface area contributed by atoms with E-state index in [0.29, 0.717) is 13.0 Å². The summed E-state index contributed by atoms with van der Waals surface area (Å²) < 4.78 is 25.0. The van der Waals surface area contributed by atoms with Crippen LogP contribution in [0.25, 0.3) is 0 Å². The summed E-state index contributed by atoms with van der Waals surface area (Å²) in [5.41, 5.74) is 1.00. The van der Waals surface area contributed by atoms with Crippen molar-refractivity contribution < 1.29 is 13.5 Å². The predicted molar refractivity (Wildman–Crippen MR) is 66.2 cm³/mol. The van der Waals surface area contributed by atoms with Crippen molar-refractivity contribution in [2.75, 3.05) is 12.4 Å². The maximum Gasteiger partial charge on any atom is 0.153 e. The minimum absolute atomic E-state index is 0.258. The lowest BCUT2D eigenvalue weighted by atomic mass is 10.1. The van der Waals surface area contributed by atoms with Gasteiger partial charge in [-0.25, -0.2) is 4.21 Å². The molecule has 0 saturated carbocycles. The van der Waals surface area contributed by atoms with E-state index in [1.54, 1.807) is 0 Å². The van der Waals surface area contributed by atoms with E-state index in [1.165, 1.54) is 0 Å². The van der Waals surface area contributed by atoms with Crippen LogP contribution in [0, 0.1) is 0 Å². The van der Waals surface area contributed by atoms with Gasteiger partial charge in [-0.3, -0.25) is 0 Å². The Morgan fingerprint density at radius 1 is 1.38 bits per heavy atom. The number of ether oxygens (including phenoxy) is 1. The number of rotatable bonds is 7. The molecule has 0 amide bonds. The molecule has 0 spiro atoms. The van der Waals surface area contributed by atoms with E-state index in [2.05, 4.69) is 6.92 Å². The summed E-state index contributed by atoms with van der Waals surface area (Å²) in [6.45, 7) is 2.82. The zero-order chi connectivity index (χ0) is 11.8. The number of hydrogen-bond donors (Lipinski definition) is 1. The van der Waals surface area contributed by atoms with E-state index in [4.69, 9.17) is 9.29 Å². The molecular weight excluding hydrogens is 224 g/mol. The molecule has 0 aliphatic rings. The Morgan fingerprint density at radius 3 is 2.81 bits per heavy atom. The Balaban J connectivity index is 2.56. The van der Waals surface area contributed by atoms with E-state index < -0.39 is 11.1 Å². The highest BCUT2D eigenvalue weighted by Gasteiger charge is 2.04. The third kappa shape index (κ3) is 4.77. The van der Waals surface area contributed by atoms with Gasteiger partial charge in [-0.2, -0.15) is 0 Å². The highest BCUT2D eigenvalue weighted by molar-refractivity contribution is 7.79. The van der Waals surface area contributed by atoms with Crippen molar-refractivity contribution in [3.63, 3.8) is 0 Å². The lowest BCUT2D eigenvalue weighted by Crippen LogP contribution is -2.03. The van der Waals surface area contributed by atoms with Gasteiger partial charge in [-0.05, 0) is 24.5 Å². The molecule has 0 bridgehead atoms. The van der Waals surface area contributed by atoms with Crippen LogP contribution >= 0.6 is 0 Å². The van der Waals surface area contributed by atoms with Crippen LogP contribution in [0.3, 0.4) is 0 Å². The van der Waals surface area contributed by atoms with Crippen molar-refractivity contribution in [3.8, 4) is 5.75 Å². The molecule has 0 aliphatic heterocycles. The molecular formula is C12H18O3S. The molecule has 0 aliphatic carbocycles. The first kappa shape index (κ1) is 13.2.